The molecule has 4 atom stereocenters. The normalized spacial score (nSPS) is 26.0. The van der Waals surface area contributed by atoms with E-state index in [-0.39, 0.29) is 29.6 Å². The summed E-state index contributed by atoms with van der Waals surface area (Å²) in [6, 6.07) is 12.3. The van der Waals surface area contributed by atoms with E-state index in [9.17, 15) is 18.0 Å². The minimum Gasteiger partial charge on any atom is -0.497 e. The number of benzene rings is 2. The fourth-order valence-corrected chi connectivity index (χ4v) is 8.96. The Bertz CT molecular complexity index is 1870. The lowest BCUT2D eigenvalue weighted by molar-refractivity contribution is 0.0752. The minimum absolute atomic E-state index is 0.0462. The van der Waals surface area contributed by atoms with E-state index in [2.05, 4.69) is 52.5 Å². The van der Waals surface area contributed by atoms with Crippen molar-refractivity contribution >= 4 is 33.1 Å². The van der Waals surface area contributed by atoms with Gasteiger partial charge >= 0.3 is 16.2 Å². The van der Waals surface area contributed by atoms with Crippen molar-refractivity contribution in [2.75, 3.05) is 41.3 Å². The number of nitrogens with one attached hydrogen (secondary N) is 2. The standard InChI is InChI=1S/C36H48N6O5S/c1-22-19-41(20-23(2)40(22)5)35(44)37-36-18-30(36)29-17-26(47-6)13-15-27(29)33-32(24-10-8-7-9-11-24)28-14-12-25(16-31(28)42(33)21-36)34(43)38-48(45,46)39(3)4/h12-17,22-24,30H,7-11,18-21H2,1-6H3,(H,37,44)(H,38,43)/t22-,23+,30-,36-/m0/s1. The third-order valence-electron chi connectivity index (χ3n) is 11.5. The molecule has 4 aliphatic rings. The van der Waals surface area contributed by atoms with Gasteiger partial charge in [0, 0.05) is 73.8 Å². The van der Waals surface area contributed by atoms with Crippen LogP contribution in [-0.4, -0.2) is 98.0 Å². The van der Waals surface area contributed by atoms with Crippen LogP contribution in [0.25, 0.3) is 22.2 Å². The van der Waals surface area contributed by atoms with Gasteiger partial charge in [0.05, 0.1) is 18.3 Å². The number of piperazine rings is 1. The molecule has 2 saturated carbocycles. The Morgan fingerprint density at radius 3 is 2.38 bits per heavy atom. The average molecular weight is 677 g/mol. The molecule has 0 radical (unpaired) electrons. The molecule has 258 valence electrons. The van der Waals surface area contributed by atoms with Crippen molar-refractivity contribution in [3.8, 4) is 17.0 Å². The first-order chi connectivity index (χ1) is 22.8. The molecular formula is C36H48N6O5S. The fraction of sp³-hybridized carbons (Fsp3) is 0.556. The first-order valence-corrected chi connectivity index (χ1v) is 18.7. The van der Waals surface area contributed by atoms with Gasteiger partial charge in [-0.1, -0.05) is 25.3 Å². The second-order valence-corrected chi connectivity index (χ2v) is 16.6. The summed E-state index contributed by atoms with van der Waals surface area (Å²) in [7, 11) is 2.60. The van der Waals surface area contributed by atoms with Crippen LogP contribution in [0.1, 0.15) is 85.7 Å². The zero-order valence-corrected chi connectivity index (χ0v) is 29.7. The van der Waals surface area contributed by atoms with Crippen LogP contribution >= 0.6 is 0 Å². The van der Waals surface area contributed by atoms with E-state index in [1.807, 2.05) is 23.1 Å². The fourth-order valence-electron chi connectivity index (χ4n) is 8.43. The van der Waals surface area contributed by atoms with Gasteiger partial charge in [-0.05, 0) is 87.5 Å². The smallest absolute Gasteiger partial charge is 0.318 e. The topological polar surface area (TPSA) is 116 Å². The van der Waals surface area contributed by atoms with Crippen LogP contribution in [0, 0.1) is 0 Å². The predicted molar refractivity (Wildman–Crippen MR) is 187 cm³/mol. The number of urea groups is 1. The molecule has 2 aliphatic heterocycles. The molecule has 2 N–H and O–H groups in total. The molecule has 0 unspecified atom stereocenters. The zero-order valence-electron chi connectivity index (χ0n) is 28.9. The summed E-state index contributed by atoms with van der Waals surface area (Å²) in [4.78, 5) is 31.7. The maximum Gasteiger partial charge on any atom is 0.318 e. The van der Waals surface area contributed by atoms with Gasteiger partial charge < -0.3 is 19.5 Å². The highest BCUT2D eigenvalue weighted by atomic mass is 32.2. The van der Waals surface area contributed by atoms with Crippen molar-refractivity contribution in [3.05, 3.63) is 53.1 Å². The summed E-state index contributed by atoms with van der Waals surface area (Å²) in [5.74, 6) is 0.562. The molecule has 2 aliphatic carbocycles. The van der Waals surface area contributed by atoms with E-state index in [0.717, 1.165) is 51.5 Å². The molecule has 3 amide bonds. The molecule has 0 spiro atoms. The van der Waals surface area contributed by atoms with Gasteiger partial charge in [-0.2, -0.15) is 12.7 Å². The number of fused-ring (bicyclic) bond motifs is 7. The van der Waals surface area contributed by atoms with Crippen molar-refractivity contribution < 1.29 is 22.7 Å². The van der Waals surface area contributed by atoms with E-state index in [1.165, 1.54) is 44.5 Å². The van der Waals surface area contributed by atoms with Crippen LogP contribution < -0.4 is 14.8 Å². The minimum atomic E-state index is -3.97. The largest absolute Gasteiger partial charge is 0.497 e. The van der Waals surface area contributed by atoms with Crippen LogP contribution in [0.3, 0.4) is 0 Å². The van der Waals surface area contributed by atoms with Crippen molar-refractivity contribution in [1.29, 1.82) is 0 Å². The number of amides is 3. The Hall–Kier alpha value is -3.61. The Kier molecular flexibility index (Phi) is 8.27. The molecule has 3 fully saturated rings. The van der Waals surface area contributed by atoms with E-state index in [1.54, 1.807) is 13.2 Å². The number of nitrogens with zero attached hydrogens (tertiary/aromatic N) is 4. The number of carbonyl (C=O) groups is 2. The van der Waals surface area contributed by atoms with Gasteiger partial charge in [-0.25, -0.2) is 9.52 Å². The summed E-state index contributed by atoms with van der Waals surface area (Å²) >= 11 is 0. The maximum absolute atomic E-state index is 14.1. The van der Waals surface area contributed by atoms with Gasteiger partial charge in [0.2, 0.25) is 0 Å². The number of likely N-dealkylation sites (N-methyl/N-ethyl adjacent to an activating group) is 1. The Balaban J connectivity index is 1.37. The number of methoxy groups -OCH3 is 1. The van der Waals surface area contributed by atoms with Gasteiger partial charge in [-0.3, -0.25) is 9.69 Å². The first-order valence-electron chi connectivity index (χ1n) is 17.2. The number of aromatic nitrogens is 1. The lowest BCUT2D eigenvalue weighted by Gasteiger charge is -2.42. The number of carbonyl (C=O) groups excluding carboxylic acids is 2. The number of rotatable bonds is 6. The second-order valence-electron chi connectivity index (χ2n) is 14.7. The highest BCUT2D eigenvalue weighted by Gasteiger charge is 2.59. The second kappa shape index (κ2) is 12.1. The number of hydrogen-bond acceptors (Lipinski definition) is 6. The van der Waals surface area contributed by atoms with Crippen LogP contribution in [0.2, 0.25) is 0 Å². The summed E-state index contributed by atoms with van der Waals surface area (Å²) < 4.78 is 36.4. The molecule has 48 heavy (non-hydrogen) atoms. The molecule has 2 aromatic carbocycles. The zero-order chi connectivity index (χ0) is 34.1. The highest BCUT2D eigenvalue weighted by molar-refractivity contribution is 7.87. The lowest BCUT2D eigenvalue weighted by atomic mass is 9.81. The van der Waals surface area contributed by atoms with Crippen LogP contribution in [0.4, 0.5) is 4.79 Å². The Morgan fingerprint density at radius 2 is 1.71 bits per heavy atom. The molecule has 7 rings (SSSR count). The van der Waals surface area contributed by atoms with Gasteiger partial charge in [0.1, 0.15) is 5.75 Å². The maximum atomic E-state index is 14.1. The lowest BCUT2D eigenvalue weighted by Crippen LogP contribution is -2.60. The first kappa shape index (κ1) is 32.9. The van der Waals surface area contributed by atoms with Crippen molar-refractivity contribution in [2.45, 2.75) is 88.4 Å². The molecule has 3 heterocycles. The molecular weight excluding hydrogens is 629 g/mol. The number of hydrogen-bond donors (Lipinski definition) is 2. The average Bonchev–Trinajstić information content (AvgIpc) is 3.69. The highest BCUT2D eigenvalue weighted by Crippen LogP contribution is 2.60. The van der Waals surface area contributed by atoms with Crippen molar-refractivity contribution in [2.24, 2.45) is 0 Å². The third kappa shape index (κ3) is 5.55. The third-order valence-corrected chi connectivity index (χ3v) is 12.9. The summed E-state index contributed by atoms with van der Waals surface area (Å²) in [6.45, 7) is 6.18. The van der Waals surface area contributed by atoms with E-state index in [4.69, 9.17) is 4.74 Å². The Morgan fingerprint density at radius 1 is 1.00 bits per heavy atom. The van der Waals surface area contributed by atoms with E-state index in [0.29, 0.717) is 25.6 Å². The molecule has 3 aromatic rings. The number of ether oxygens (including phenoxy) is 1. The van der Waals surface area contributed by atoms with E-state index >= 15 is 0 Å². The summed E-state index contributed by atoms with van der Waals surface area (Å²) in [5.41, 5.74) is 5.35. The summed E-state index contributed by atoms with van der Waals surface area (Å²) in [5, 5.41) is 4.61. The van der Waals surface area contributed by atoms with Crippen LogP contribution in [-0.2, 0) is 16.8 Å². The molecule has 1 saturated heterocycles. The molecule has 1 aromatic heterocycles. The van der Waals surface area contributed by atoms with Crippen molar-refractivity contribution in [1.82, 2.24) is 28.7 Å². The van der Waals surface area contributed by atoms with Crippen LogP contribution in [0.5, 0.6) is 5.75 Å². The van der Waals surface area contributed by atoms with E-state index < -0.39 is 21.7 Å². The summed E-state index contributed by atoms with van der Waals surface area (Å²) in [6.07, 6.45) is 6.53. The molecule has 0 bridgehead atoms. The Labute approximate surface area is 283 Å². The quantitative estimate of drug-likeness (QED) is 0.385. The van der Waals surface area contributed by atoms with Gasteiger partial charge in [-0.15, -0.1) is 0 Å². The molecule has 12 heteroatoms. The van der Waals surface area contributed by atoms with Gasteiger partial charge in [0.25, 0.3) is 5.91 Å². The predicted octanol–water partition coefficient (Wildman–Crippen LogP) is 4.87. The molecule has 11 nitrogen and oxygen atoms in total. The van der Waals surface area contributed by atoms with Crippen molar-refractivity contribution in [3.63, 3.8) is 0 Å². The van der Waals surface area contributed by atoms with Crippen LogP contribution in [0.15, 0.2) is 36.4 Å². The van der Waals surface area contributed by atoms with Gasteiger partial charge in [0.15, 0.2) is 0 Å². The SMILES string of the molecule is COc1ccc2c(c1)[C@@H]1C[C@]1(NC(=O)N1C[C@@H](C)N(C)[C@@H](C)C1)Cn1c-2c(C2CCCCC2)c2ccc(C(=O)NS(=O)(=O)N(C)C)cc21. The monoisotopic (exact) mass is 676 g/mol.